The molecule has 0 saturated heterocycles. The second kappa shape index (κ2) is 8.68. The Morgan fingerprint density at radius 2 is 1.15 bits per heavy atom. The molecule has 0 rings (SSSR count). The maximum atomic E-state index is 11.2. The number of carboxylic acid groups (broad SMARTS) is 2. The summed E-state index contributed by atoms with van der Waals surface area (Å²) in [7, 11) is 0. The SMILES string of the molecule is CC(CC(=O)O)OC(=O)C=CC(=O)OC(C)CC(=O)O. The Kier molecular flexibility index (Phi) is 7.64. The molecule has 8 nitrogen and oxygen atoms in total. The lowest BCUT2D eigenvalue weighted by Crippen LogP contribution is -2.18. The Morgan fingerprint density at radius 3 is 1.40 bits per heavy atom. The molecular formula is C12H16O8. The summed E-state index contributed by atoms with van der Waals surface area (Å²) in [5.41, 5.74) is 0. The van der Waals surface area contributed by atoms with Gasteiger partial charge in [0.15, 0.2) is 0 Å². The van der Waals surface area contributed by atoms with Gasteiger partial charge >= 0.3 is 23.9 Å². The van der Waals surface area contributed by atoms with Crippen LogP contribution in [0.3, 0.4) is 0 Å². The van der Waals surface area contributed by atoms with E-state index < -0.39 is 36.1 Å². The minimum Gasteiger partial charge on any atom is -0.481 e. The third kappa shape index (κ3) is 9.63. The second-order valence-corrected chi connectivity index (χ2v) is 4.02. The Balaban J connectivity index is 4.14. The lowest BCUT2D eigenvalue weighted by molar-refractivity contribution is -0.150. The second-order valence-electron chi connectivity index (χ2n) is 4.02. The van der Waals surface area contributed by atoms with Gasteiger partial charge in [0.05, 0.1) is 12.8 Å². The van der Waals surface area contributed by atoms with Crippen molar-refractivity contribution in [3.05, 3.63) is 12.2 Å². The molecular weight excluding hydrogens is 272 g/mol. The summed E-state index contributed by atoms with van der Waals surface area (Å²) in [6, 6.07) is 0. The number of ether oxygens (including phenoxy) is 2. The van der Waals surface area contributed by atoms with Gasteiger partial charge in [-0.1, -0.05) is 0 Å². The van der Waals surface area contributed by atoms with Gasteiger partial charge in [-0.05, 0) is 13.8 Å². The normalized spacial score (nSPS) is 13.5. The van der Waals surface area contributed by atoms with Crippen LogP contribution in [-0.4, -0.2) is 46.3 Å². The molecule has 2 unspecified atom stereocenters. The van der Waals surface area contributed by atoms with Gasteiger partial charge in [-0.15, -0.1) is 0 Å². The molecule has 0 saturated carbocycles. The maximum Gasteiger partial charge on any atom is 0.331 e. The van der Waals surface area contributed by atoms with Crippen LogP contribution in [0.2, 0.25) is 0 Å². The van der Waals surface area contributed by atoms with Crippen molar-refractivity contribution in [1.29, 1.82) is 0 Å². The fourth-order valence-corrected chi connectivity index (χ4v) is 1.19. The van der Waals surface area contributed by atoms with E-state index in [2.05, 4.69) is 9.47 Å². The lowest BCUT2D eigenvalue weighted by atomic mass is 10.3. The van der Waals surface area contributed by atoms with Crippen molar-refractivity contribution < 1.29 is 38.9 Å². The predicted octanol–water partition coefficient (Wildman–Crippen LogP) is 0.355. The number of carbonyl (C=O) groups excluding carboxylic acids is 2. The van der Waals surface area contributed by atoms with Gasteiger partial charge in [0.25, 0.3) is 0 Å². The number of carbonyl (C=O) groups is 4. The van der Waals surface area contributed by atoms with Crippen LogP contribution in [0.5, 0.6) is 0 Å². The lowest BCUT2D eigenvalue weighted by Gasteiger charge is -2.09. The van der Waals surface area contributed by atoms with Crippen LogP contribution in [0.25, 0.3) is 0 Å². The zero-order valence-electron chi connectivity index (χ0n) is 11.1. The van der Waals surface area contributed by atoms with Crippen LogP contribution < -0.4 is 0 Å². The molecule has 2 atom stereocenters. The first-order valence-electron chi connectivity index (χ1n) is 5.73. The summed E-state index contributed by atoms with van der Waals surface area (Å²) in [5, 5.41) is 16.9. The average molecular weight is 288 g/mol. The Hall–Kier alpha value is -2.38. The molecule has 0 aromatic heterocycles. The van der Waals surface area contributed by atoms with Crippen LogP contribution in [0.4, 0.5) is 0 Å². The highest BCUT2D eigenvalue weighted by atomic mass is 16.5. The summed E-state index contributed by atoms with van der Waals surface area (Å²) < 4.78 is 9.35. The topological polar surface area (TPSA) is 127 Å². The van der Waals surface area contributed by atoms with E-state index in [1.807, 2.05) is 0 Å². The molecule has 2 N–H and O–H groups in total. The number of carboxylic acids is 2. The molecule has 20 heavy (non-hydrogen) atoms. The quantitative estimate of drug-likeness (QED) is 0.484. The Bertz CT molecular complexity index is 374. The van der Waals surface area contributed by atoms with Crippen molar-refractivity contribution >= 4 is 23.9 Å². The summed E-state index contributed by atoms with van der Waals surface area (Å²) in [4.78, 5) is 43.1. The number of hydrogen-bond acceptors (Lipinski definition) is 6. The van der Waals surface area contributed by atoms with E-state index in [1.54, 1.807) is 0 Å². The molecule has 0 bridgehead atoms. The predicted molar refractivity (Wildman–Crippen MR) is 64.8 cm³/mol. The molecule has 112 valence electrons. The van der Waals surface area contributed by atoms with Gasteiger partial charge in [0.2, 0.25) is 0 Å². The number of aliphatic carboxylic acids is 2. The van der Waals surface area contributed by atoms with Crippen molar-refractivity contribution in [2.24, 2.45) is 0 Å². The zero-order chi connectivity index (χ0) is 15.7. The first-order valence-corrected chi connectivity index (χ1v) is 5.73. The van der Waals surface area contributed by atoms with Gasteiger partial charge in [-0.3, -0.25) is 9.59 Å². The third-order valence-corrected chi connectivity index (χ3v) is 1.91. The van der Waals surface area contributed by atoms with E-state index in [-0.39, 0.29) is 12.8 Å². The van der Waals surface area contributed by atoms with Gasteiger partial charge in [0.1, 0.15) is 12.2 Å². The molecule has 0 amide bonds. The molecule has 0 aliphatic heterocycles. The van der Waals surface area contributed by atoms with Gasteiger partial charge in [-0.25, -0.2) is 9.59 Å². The van der Waals surface area contributed by atoms with Crippen molar-refractivity contribution in [2.75, 3.05) is 0 Å². The number of hydrogen-bond donors (Lipinski definition) is 2. The highest BCUT2D eigenvalue weighted by Crippen LogP contribution is 2.01. The van der Waals surface area contributed by atoms with Crippen molar-refractivity contribution in [3.63, 3.8) is 0 Å². The largest absolute Gasteiger partial charge is 0.481 e. The van der Waals surface area contributed by atoms with Crippen molar-refractivity contribution in [1.82, 2.24) is 0 Å². The van der Waals surface area contributed by atoms with E-state index in [0.717, 1.165) is 12.2 Å². The molecule has 0 heterocycles. The van der Waals surface area contributed by atoms with E-state index in [4.69, 9.17) is 10.2 Å². The van der Waals surface area contributed by atoms with E-state index in [0.29, 0.717) is 0 Å². The Labute approximate surface area is 115 Å². The molecule has 0 radical (unpaired) electrons. The van der Waals surface area contributed by atoms with E-state index in [1.165, 1.54) is 13.8 Å². The summed E-state index contributed by atoms with van der Waals surface area (Å²) >= 11 is 0. The molecule has 0 spiro atoms. The average Bonchev–Trinajstić information content (AvgIpc) is 2.23. The van der Waals surface area contributed by atoms with Crippen LogP contribution in [-0.2, 0) is 28.7 Å². The minimum absolute atomic E-state index is 0.348. The van der Waals surface area contributed by atoms with E-state index >= 15 is 0 Å². The molecule has 0 aliphatic rings. The summed E-state index contributed by atoms with van der Waals surface area (Å²) in [6.07, 6.45) is -0.778. The Morgan fingerprint density at radius 1 is 0.850 bits per heavy atom. The van der Waals surface area contributed by atoms with E-state index in [9.17, 15) is 19.2 Å². The maximum absolute atomic E-state index is 11.2. The van der Waals surface area contributed by atoms with Gasteiger partial charge in [0, 0.05) is 12.2 Å². The molecule has 0 fully saturated rings. The highest BCUT2D eigenvalue weighted by molar-refractivity contribution is 5.92. The van der Waals surface area contributed by atoms with Crippen LogP contribution >= 0.6 is 0 Å². The first-order chi connectivity index (χ1) is 9.20. The highest BCUT2D eigenvalue weighted by Gasteiger charge is 2.13. The van der Waals surface area contributed by atoms with Crippen LogP contribution in [0, 0.1) is 0 Å². The number of esters is 2. The monoisotopic (exact) mass is 288 g/mol. The smallest absolute Gasteiger partial charge is 0.331 e. The number of rotatable bonds is 8. The molecule has 0 aliphatic carbocycles. The third-order valence-electron chi connectivity index (χ3n) is 1.91. The minimum atomic E-state index is -1.11. The van der Waals surface area contributed by atoms with Gasteiger partial charge < -0.3 is 19.7 Å². The molecule has 8 heteroatoms. The zero-order valence-corrected chi connectivity index (χ0v) is 11.1. The van der Waals surface area contributed by atoms with Gasteiger partial charge in [-0.2, -0.15) is 0 Å². The summed E-state index contributed by atoms with van der Waals surface area (Å²) in [6.45, 7) is 2.79. The fourth-order valence-electron chi connectivity index (χ4n) is 1.19. The van der Waals surface area contributed by atoms with Crippen LogP contribution in [0.15, 0.2) is 12.2 Å². The van der Waals surface area contributed by atoms with Crippen molar-refractivity contribution in [3.8, 4) is 0 Å². The van der Waals surface area contributed by atoms with Crippen molar-refractivity contribution in [2.45, 2.75) is 38.9 Å². The first kappa shape index (κ1) is 17.6. The van der Waals surface area contributed by atoms with Crippen LogP contribution in [0.1, 0.15) is 26.7 Å². The summed E-state index contributed by atoms with van der Waals surface area (Å²) in [5.74, 6) is -4.00. The molecule has 0 aromatic carbocycles. The molecule has 0 aromatic rings. The standard InChI is InChI=1S/C12H16O8/c1-7(5-9(13)14)19-11(17)3-4-12(18)20-8(2)6-10(15)16/h3-4,7-8H,5-6H2,1-2H3,(H,13,14)(H,15,16). The fraction of sp³-hybridized carbons (Fsp3) is 0.500.